The first-order valence-corrected chi connectivity index (χ1v) is 5.39. The van der Waals surface area contributed by atoms with Crippen LogP contribution in [-0.2, 0) is 18.7 Å². The van der Waals surface area contributed by atoms with Crippen LogP contribution < -0.4 is 5.32 Å². The van der Waals surface area contributed by atoms with Gasteiger partial charge in [-0.2, -0.15) is 0 Å². The van der Waals surface area contributed by atoms with E-state index in [-0.39, 0.29) is 6.29 Å². The molecule has 0 heterocycles. The molecule has 9 heteroatoms. The molecule has 0 aromatic heterocycles. The standard InChI is InChI=1S/C7H12NO7P/c1-4(11)8-5(2-9)7(12)6(3-10)15-16(13)14/h3,5-7,9,12H,2H2,1H3,(H-,8,11,13,14)/p+1/t5?,6-,7?/m1/s1. The monoisotopic (exact) mass is 254 g/mol. The maximum absolute atomic E-state index is 10.7. The highest BCUT2D eigenvalue weighted by molar-refractivity contribution is 7.32. The Hall–Kier alpha value is -0.920. The van der Waals surface area contributed by atoms with E-state index < -0.39 is 39.0 Å². The molecule has 0 rings (SSSR count). The highest BCUT2D eigenvalue weighted by atomic mass is 31.1. The van der Waals surface area contributed by atoms with E-state index in [1.54, 1.807) is 0 Å². The van der Waals surface area contributed by atoms with Crippen molar-refractivity contribution >= 4 is 20.4 Å². The Morgan fingerprint density at radius 3 is 2.50 bits per heavy atom. The number of amides is 1. The van der Waals surface area contributed by atoms with Crippen molar-refractivity contribution in [3.05, 3.63) is 0 Å². The summed E-state index contributed by atoms with van der Waals surface area (Å²) in [6, 6.07) is -1.15. The van der Waals surface area contributed by atoms with E-state index in [0.717, 1.165) is 6.92 Å². The third-order valence-corrected chi connectivity index (χ3v) is 2.10. The molecule has 0 saturated carbocycles. The second-order valence-corrected chi connectivity index (χ2v) is 3.61. The van der Waals surface area contributed by atoms with E-state index in [9.17, 15) is 19.3 Å². The van der Waals surface area contributed by atoms with Crippen LogP contribution in [0.2, 0.25) is 0 Å². The van der Waals surface area contributed by atoms with Crippen molar-refractivity contribution in [2.45, 2.75) is 25.2 Å². The first-order valence-electron chi connectivity index (χ1n) is 4.26. The van der Waals surface area contributed by atoms with Gasteiger partial charge in [0.1, 0.15) is 6.10 Å². The predicted molar refractivity (Wildman–Crippen MR) is 51.5 cm³/mol. The molecule has 8 nitrogen and oxygen atoms in total. The van der Waals surface area contributed by atoms with Crippen molar-refractivity contribution in [3.63, 3.8) is 0 Å². The van der Waals surface area contributed by atoms with Crippen molar-refractivity contribution in [1.82, 2.24) is 5.32 Å². The molecule has 0 fully saturated rings. The van der Waals surface area contributed by atoms with E-state index in [0.29, 0.717) is 0 Å². The van der Waals surface area contributed by atoms with Crippen LogP contribution in [0.3, 0.4) is 0 Å². The topological polar surface area (TPSA) is 133 Å². The Kier molecular flexibility index (Phi) is 6.95. The van der Waals surface area contributed by atoms with Gasteiger partial charge in [-0.3, -0.25) is 4.79 Å². The number of carbonyl (C=O) groups excluding carboxylic acids is 2. The molecule has 0 radical (unpaired) electrons. The Morgan fingerprint density at radius 2 is 2.19 bits per heavy atom. The number of aliphatic hydroxyl groups excluding tert-OH is 2. The van der Waals surface area contributed by atoms with Crippen LogP contribution in [0.5, 0.6) is 0 Å². The minimum absolute atomic E-state index is 0.110. The minimum Gasteiger partial charge on any atom is -0.394 e. The first kappa shape index (κ1) is 15.1. The first-order chi connectivity index (χ1) is 7.42. The fourth-order valence-electron chi connectivity index (χ4n) is 1.00. The molecule has 92 valence electrons. The lowest BCUT2D eigenvalue weighted by molar-refractivity contribution is -0.125. The molecule has 0 aliphatic rings. The fraction of sp³-hybridized carbons (Fsp3) is 0.714. The summed E-state index contributed by atoms with van der Waals surface area (Å²) in [6.45, 7) is 0.509. The average molecular weight is 254 g/mol. The van der Waals surface area contributed by atoms with Crippen LogP contribution >= 0.6 is 8.25 Å². The molecule has 0 bridgehead atoms. The summed E-state index contributed by atoms with van der Waals surface area (Å²) in [7, 11) is -3.06. The number of aldehydes is 1. The largest absolute Gasteiger partial charge is 0.695 e. The maximum Gasteiger partial charge on any atom is 0.695 e. The Labute approximate surface area is 92.2 Å². The van der Waals surface area contributed by atoms with E-state index in [1.165, 1.54) is 0 Å². The lowest BCUT2D eigenvalue weighted by Gasteiger charge is -2.22. The summed E-state index contributed by atoms with van der Waals surface area (Å²) in [4.78, 5) is 29.6. The molecular weight excluding hydrogens is 241 g/mol. The van der Waals surface area contributed by atoms with Gasteiger partial charge in [0.25, 0.3) is 0 Å². The van der Waals surface area contributed by atoms with Crippen LogP contribution in [0, 0.1) is 0 Å². The van der Waals surface area contributed by atoms with E-state index in [1.807, 2.05) is 0 Å². The maximum atomic E-state index is 10.7. The van der Waals surface area contributed by atoms with Gasteiger partial charge in [-0.15, -0.1) is 9.42 Å². The molecule has 4 atom stereocenters. The molecule has 0 saturated heterocycles. The normalized spacial score (nSPS) is 17.1. The Morgan fingerprint density at radius 1 is 1.62 bits per heavy atom. The van der Waals surface area contributed by atoms with Crippen molar-refractivity contribution in [2.75, 3.05) is 6.61 Å². The van der Waals surface area contributed by atoms with E-state index >= 15 is 0 Å². The molecule has 16 heavy (non-hydrogen) atoms. The molecule has 1 amide bonds. The van der Waals surface area contributed by atoms with E-state index in [4.69, 9.17) is 10.00 Å². The zero-order chi connectivity index (χ0) is 12.7. The molecule has 3 unspecified atom stereocenters. The van der Waals surface area contributed by atoms with Crippen LogP contribution in [0.4, 0.5) is 0 Å². The number of aliphatic hydroxyl groups is 2. The second kappa shape index (κ2) is 7.37. The van der Waals surface area contributed by atoms with Gasteiger partial charge < -0.3 is 20.3 Å². The quantitative estimate of drug-likeness (QED) is 0.307. The van der Waals surface area contributed by atoms with Gasteiger partial charge in [-0.25, -0.2) is 0 Å². The van der Waals surface area contributed by atoms with Gasteiger partial charge >= 0.3 is 8.25 Å². The smallest absolute Gasteiger partial charge is 0.394 e. The van der Waals surface area contributed by atoms with Gasteiger partial charge in [0, 0.05) is 11.5 Å². The number of carbonyl (C=O) groups is 2. The summed E-state index contributed by atoms with van der Waals surface area (Å²) < 4.78 is 14.5. The lowest BCUT2D eigenvalue weighted by atomic mass is 10.1. The van der Waals surface area contributed by atoms with E-state index in [2.05, 4.69) is 9.84 Å². The Balaban J connectivity index is 4.54. The van der Waals surface area contributed by atoms with Crippen molar-refractivity contribution in [2.24, 2.45) is 0 Å². The molecule has 0 aromatic rings. The SMILES string of the molecule is CC(=O)NC(CO)C(O)[C@@H](C=O)O[P+](=O)O. The van der Waals surface area contributed by atoms with Crippen LogP contribution in [0.15, 0.2) is 0 Å². The molecule has 0 aliphatic heterocycles. The van der Waals surface area contributed by atoms with Gasteiger partial charge in [-0.05, 0) is 0 Å². The predicted octanol–water partition coefficient (Wildman–Crippen LogP) is -1.92. The Bertz CT molecular complexity index is 271. The van der Waals surface area contributed by atoms with Crippen molar-refractivity contribution in [1.29, 1.82) is 0 Å². The van der Waals surface area contributed by atoms with Crippen LogP contribution in [0.1, 0.15) is 6.92 Å². The number of hydrogen-bond acceptors (Lipinski definition) is 6. The van der Waals surface area contributed by atoms with Gasteiger partial charge in [0.15, 0.2) is 12.4 Å². The molecule has 0 aromatic carbocycles. The zero-order valence-corrected chi connectivity index (χ0v) is 9.33. The highest BCUT2D eigenvalue weighted by Crippen LogP contribution is 2.19. The van der Waals surface area contributed by atoms with Gasteiger partial charge in [0.05, 0.1) is 12.6 Å². The summed E-state index contributed by atoms with van der Waals surface area (Å²) in [5.41, 5.74) is 0. The lowest BCUT2D eigenvalue weighted by Crippen LogP contribution is -2.50. The average Bonchev–Trinajstić information content (AvgIpc) is 2.20. The summed E-state index contributed by atoms with van der Waals surface area (Å²) in [5.74, 6) is -0.531. The third kappa shape index (κ3) is 5.24. The zero-order valence-electron chi connectivity index (χ0n) is 8.44. The number of rotatable bonds is 7. The second-order valence-electron chi connectivity index (χ2n) is 2.92. The van der Waals surface area contributed by atoms with Gasteiger partial charge in [-0.1, -0.05) is 0 Å². The third-order valence-electron chi connectivity index (χ3n) is 1.68. The molecule has 0 spiro atoms. The summed E-state index contributed by atoms with van der Waals surface area (Å²) >= 11 is 0. The molecular formula is C7H13NO7P+. The number of hydrogen-bond donors (Lipinski definition) is 4. The fourth-order valence-corrected chi connectivity index (χ4v) is 1.38. The van der Waals surface area contributed by atoms with Crippen LogP contribution in [-0.4, -0.2) is 52.2 Å². The number of nitrogens with one attached hydrogen (secondary N) is 1. The highest BCUT2D eigenvalue weighted by Gasteiger charge is 2.35. The van der Waals surface area contributed by atoms with Crippen LogP contribution in [0.25, 0.3) is 0 Å². The van der Waals surface area contributed by atoms with Gasteiger partial charge in [0.2, 0.25) is 5.91 Å². The molecule has 4 N–H and O–H groups in total. The summed E-state index contributed by atoms with van der Waals surface area (Å²) in [6.07, 6.45) is -3.10. The molecule has 0 aliphatic carbocycles. The van der Waals surface area contributed by atoms with Crippen molar-refractivity contribution in [3.8, 4) is 0 Å². The van der Waals surface area contributed by atoms with Crippen molar-refractivity contribution < 1.29 is 33.8 Å². The summed E-state index contributed by atoms with van der Waals surface area (Å²) in [5, 5.41) is 20.5. The minimum atomic E-state index is -3.06.